The quantitative estimate of drug-likeness (QED) is 0.616. The smallest absolute Gasteiger partial charge is 0.202 e. The van der Waals surface area contributed by atoms with Gasteiger partial charge in [0, 0.05) is 5.75 Å². The Balaban J connectivity index is 3.05. The van der Waals surface area contributed by atoms with Gasteiger partial charge in [0.1, 0.15) is 0 Å². The number of nitrogens with one attached hydrogen (secondary N) is 1. The first kappa shape index (κ1) is 9.98. The van der Waals surface area contributed by atoms with E-state index in [2.05, 4.69) is 12.2 Å². The van der Waals surface area contributed by atoms with Crippen molar-refractivity contribution >= 4 is 16.9 Å². The van der Waals surface area contributed by atoms with Crippen LogP contribution in [-0.4, -0.2) is 24.5 Å². The molecule has 1 N–H and O–H groups in total. The van der Waals surface area contributed by atoms with Crippen LogP contribution in [0, 0.1) is 0 Å². The molecule has 0 aromatic heterocycles. The van der Waals surface area contributed by atoms with Crippen LogP contribution in [-0.2, 0) is 4.79 Å². The molecule has 0 saturated heterocycles. The highest BCUT2D eigenvalue weighted by atomic mass is 32.2. The average Bonchev–Trinajstić information content (AvgIpc) is 1.89. The number of hydrogen-bond acceptors (Lipinski definition) is 3. The van der Waals surface area contributed by atoms with Crippen molar-refractivity contribution in [3.8, 4) is 0 Å². The maximum Gasteiger partial charge on any atom is 0.202 e. The molecule has 0 aromatic carbocycles. The normalized spacial score (nSPS) is 9.80. The summed E-state index contributed by atoms with van der Waals surface area (Å²) in [6.07, 6.45) is 2.31. The predicted molar refractivity (Wildman–Crippen MR) is 46.3 cm³/mol. The van der Waals surface area contributed by atoms with E-state index in [9.17, 15) is 4.79 Å². The van der Waals surface area contributed by atoms with Crippen LogP contribution in [0.15, 0.2) is 0 Å². The lowest BCUT2D eigenvalue weighted by Gasteiger charge is -1.96. The van der Waals surface area contributed by atoms with Crippen molar-refractivity contribution in [1.29, 1.82) is 0 Å². The summed E-state index contributed by atoms with van der Waals surface area (Å²) in [7, 11) is 1.79. The van der Waals surface area contributed by atoms with Gasteiger partial charge in [-0.05, 0) is 13.5 Å². The van der Waals surface area contributed by atoms with Crippen molar-refractivity contribution in [3.05, 3.63) is 0 Å². The van der Waals surface area contributed by atoms with Crippen LogP contribution in [0.3, 0.4) is 0 Å². The first-order valence-corrected chi connectivity index (χ1v) is 4.60. The van der Waals surface area contributed by atoms with E-state index in [4.69, 9.17) is 0 Å². The molecule has 10 heavy (non-hydrogen) atoms. The van der Waals surface area contributed by atoms with Gasteiger partial charge in [-0.2, -0.15) is 0 Å². The third-order valence-electron chi connectivity index (χ3n) is 1.08. The molecule has 0 bridgehead atoms. The van der Waals surface area contributed by atoms with Crippen LogP contribution < -0.4 is 5.32 Å². The zero-order valence-electron chi connectivity index (χ0n) is 6.64. The molecule has 0 spiro atoms. The van der Waals surface area contributed by atoms with Crippen LogP contribution in [0.25, 0.3) is 0 Å². The molecule has 0 aromatic rings. The Kier molecular flexibility index (Phi) is 7.08. The van der Waals surface area contributed by atoms with Gasteiger partial charge >= 0.3 is 0 Å². The van der Waals surface area contributed by atoms with Gasteiger partial charge in [0.05, 0.1) is 6.54 Å². The zero-order valence-corrected chi connectivity index (χ0v) is 7.46. The molecule has 0 fully saturated rings. The van der Waals surface area contributed by atoms with Crippen molar-refractivity contribution < 1.29 is 4.79 Å². The number of rotatable bonds is 5. The van der Waals surface area contributed by atoms with Crippen LogP contribution in [0.5, 0.6) is 0 Å². The van der Waals surface area contributed by atoms with Crippen molar-refractivity contribution in [2.45, 2.75) is 19.8 Å². The predicted octanol–water partition coefficient (Wildman–Crippen LogP) is 1.27. The molecule has 0 rings (SSSR count). The number of carbonyl (C=O) groups excluding carboxylic acids is 1. The van der Waals surface area contributed by atoms with E-state index in [1.807, 2.05) is 0 Å². The van der Waals surface area contributed by atoms with Crippen LogP contribution in [0.4, 0.5) is 0 Å². The van der Waals surface area contributed by atoms with Crippen molar-refractivity contribution in [2.75, 3.05) is 19.3 Å². The second-order valence-corrected chi connectivity index (χ2v) is 3.26. The summed E-state index contributed by atoms with van der Waals surface area (Å²) in [5.74, 6) is 0.969. The summed E-state index contributed by atoms with van der Waals surface area (Å²) < 4.78 is 0. The topological polar surface area (TPSA) is 29.1 Å². The van der Waals surface area contributed by atoms with Gasteiger partial charge in [0.15, 0.2) is 0 Å². The van der Waals surface area contributed by atoms with Gasteiger partial charge in [-0.3, -0.25) is 4.79 Å². The fourth-order valence-corrected chi connectivity index (χ4v) is 1.43. The molecule has 0 amide bonds. The molecular formula is C7H15NOS. The van der Waals surface area contributed by atoms with Gasteiger partial charge in [0.2, 0.25) is 5.12 Å². The minimum absolute atomic E-state index is 0.246. The van der Waals surface area contributed by atoms with Gasteiger partial charge in [-0.25, -0.2) is 0 Å². The standard InChI is InChI=1S/C7H15NOS/c1-3-4-5-10-7(9)6-8-2/h8H,3-6H2,1-2H3. The number of carbonyl (C=O) groups is 1. The molecular weight excluding hydrogens is 146 g/mol. The molecule has 0 atom stereocenters. The number of thioether (sulfide) groups is 1. The lowest BCUT2D eigenvalue weighted by Crippen LogP contribution is -2.15. The fraction of sp³-hybridized carbons (Fsp3) is 0.857. The molecule has 2 nitrogen and oxygen atoms in total. The highest BCUT2D eigenvalue weighted by Gasteiger charge is 1.97. The first-order valence-electron chi connectivity index (χ1n) is 3.61. The van der Waals surface area contributed by atoms with E-state index in [1.54, 1.807) is 7.05 Å². The van der Waals surface area contributed by atoms with Gasteiger partial charge in [0.25, 0.3) is 0 Å². The highest BCUT2D eigenvalue weighted by Crippen LogP contribution is 2.04. The molecule has 0 radical (unpaired) electrons. The number of unbranched alkanes of at least 4 members (excludes halogenated alkanes) is 1. The summed E-state index contributed by atoms with van der Waals surface area (Å²) in [6, 6.07) is 0. The monoisotopic (exact) mass is 161 g/mol. The summed E-state index contributed by atoms with van der Waals surface area (Å²) in [6.45, 7) is 2.62. The molecule has 3 heteroatoms. The van der Waals surface area contributed by atoms with Crippen molar-refractivity contribution in [2.24, 2.45) is 0 Å². The second-order valence-electron chi connectivity index (χ2n) is 2.10. The van der Waals surface area contributed by atoms with E-state index in [-0.39, 0.29) is 5.12 Å². The summed E-state index contributed by atoms with van der Waals surface area (Å²) in [5, 5.41) is 3.07. The minimum atomic E-state index is 0.246. The Morgan fingerprint density at radius 2 is 2.30 bits per heavy atom. The summed E-state index contributed by atoms with van der Waals surface area (Å²) in [4.78, 5) is 10.8. The Labute approximate surface area is 66.8 Å². The SMILES string of the molecule is CCCCSC(=O)CNC. The first-order chi connectivity index (χ1) is 4.81. The lowest BCUT2D eigenvalue weighted by molar-refractivity contribution is -0.110. The fourth-order valence-electron chi connectivity index (χ4n) is 0.526. The Bertz CT molecular complexity index is 95.6. The van der Waals surface area contributed by atoms with Crippen LogP contribution in [0.2, 0.25) is 0 Å². The molecule has 0 aliphatic rings. The zero-order chi connectivity index (χ0) is 7.82. The highest BCUT2D eigenvalue weighted by molar-refractivity contribution is 8.13. The molecule has 0 saturated carbocycles. The van der Waals surface area contributed by atoms with E-state index in [1.165, 1.54) is 18.2 Å². The maximum absolute atomic E-state index is 10.8. The molecule has 0 unspecified atom stereocenters. The Morgan fingerprint density at radius 3 is 2.80 bits per heavy atom. The van der Waals surface area contributed by atoms with Gasteiger partial charge in [-0.15, -0.1) is 0 Å². The molecule has 60 valence electrons. The van der Waals surface area contributed by atoms with Gasteiger partial charge in [-0.1, -0.05) is 25.1 Å². The minimum Gasteiger partial charge on any atom is -0.312 e. The molecule has 0 aliphatic heterocycles. The number of likely N-dealkylation sites (N-methyl/N-ethyl adjacent to an activating group) is 1. The van der Waals surface area contributed by atoms with Crippen LogP contribution >= 0.6 is 11.8 Å². The van der Waals surface area contributed by atoms with E-state index in [0.717, 1.165) is 12.2 Å². The Hall–Kier alpha value is -0.0200. The van der Waals surface area contributed by atoms with E-state index >= 15 is 0 Å². The van der Waals surface area contributed by atoms with E-state index < -0.39 is 0 Å². The third kappa shape index (κ3) is 6.11. The lowest BCUT2D eigenvalue weighted by atomic mass is 10.4. The average molecular weight is 161 g/mol. The third-order valence-corrected chi connectivity index (χ3v) is 2.04. The van der Waals surface area contributed by atoms with Gasteiger partial charge < -0.3 is 5.32 Å². The largest absolute Gasteiger partial charge is 0.312 e. The molecule has 0 heterocycles. The van der Waals surface area contributed by atoms with Crippen LogP contribution in [0.1, 0.15) is 19.8 Å². The summed E-state index contributed by atoms with van der Waals surface area (Å²) in [5.41, 5.74) is 0. The Morgan fingerprint density at radius 1 is 1.60 bits per heavy atom. The number of hydrogen-bond donors (Lipinski definition) is 1. The molecule has 0 aliphatic carbocycles. The van der Waals surface area contributed by atoms with Crippen molar-refractivity contribution in [3.63, 3.8) is 0 Å². The van der Waals surface area contributed by atoms with Crippen molar-refractivity contribution in [1.82, 2.24) is 5.32 Å². The van der Waals surface area contributed by atoms with E-state index in [0.29, 0.717) is 6.54 Å². The maximum atomic E-state index is 10.8. The summed E-state index contributed by atoms with van der Waals surface area (Å²) >= 11 is 1.42. The second kappa shape index (κ2) is 7.09.